The minimum atomic E-state index is -4.00. The molecule has 0 saturated carbocycles. The summed E-state index contributed by atoms with van der Waals surface area (Å²) in [6.45, 7) is -0.381. The second kappa shape index (κ2) is 6.16. The fraction of sp³-hybridized carbons (Fsp3) is 0.182. The summed E-state index contributed by atoms with van der Waals surface area (Å²) < 4.78 is 29.8. The third-order valence-electron chi connectivity index (χ3n) is 1.85. The van der Waals surface area contributed by atoms with Gasteiger partial charge in [-0.05, 0) is 12.1 Å². The van der Waals surface area contributed by atoms with Crippen molar-refractivity contribution in [3.8, 4) is 11.8 Å². The molecule has 0 aromatic heterocycles. The predicted octanol–water partition coefficient (Wildman–Crippen LogP) is 0.0448. The molecule has 0 unspecified atom stereocenters. The first-order valence-electron chi connectivity index (χ1n) is 4.77. The number of carbonyl (C=O) groups is 1. The lowest BCUT2D eigenvalue weighted by Gasteiger charge is -2.01. The zero-order valence-corrected chi connectivity index (χ0v) is 10.4. The van der Waals surface area contributed by atoms with Crippen LogP contribution < -0.4 is 5.14 Å². The molecule has 2 N–H and O–H groups in total. The summed E-state index contributed by atoms with van der Waals surface area (Å²) in [7, 11) is -2.74. The normalized spacial score (nSPS) is 10.3. The van der Waals surface area contributed by atoms with Crippen LogP contribution in [0.1, 0.15) is 15.9 Å². The van der Waals surface area contributed by atoms with Gasteiger partial charge in [-0.3, -0.25) is 0 Å². The monoisotopic (exact) mass is 269 g/mol. The standard InChI is InChI=1S/C11H11NO5S/c1-16-11(13)10-7-3-2-5-9(10)6-4-8-17-18(12,14)15/h2-3,5,7H,8H2,1H3,(H2,12,14,15). The van der Waals surface area contributed by atoms with E-state index >= 15 is 0 Å². The largest absolute Gasteiger partial charge is 0.465 e. The summed E-state index contributed by atoms with van der Waals surface area (Å²) in [4.78, 5) is 11.4. The van der Waals surface area contributed by atoms with Crippen LogP contribution in [0.2, 0.25) is 0 Å². The summed E-state index contributed by atoms with van der Waals surface area (Å²) in [5.74, 6) is 4.52. The zero-order valence-electron chi connectivity index (χ0n) is 9.54. The Labute approximate surface area is 105 Å². The van der Waals surface area contributed by atoms with Gasteiger partial charge in [-0.15, -0.1) is 0 Å². The van der Waals surface area contributed by atoms with Crippen LogP contribution in [0.3, 0.4) is 0 Å². The number of esters is 1. The SMILES string of the molecule is COC(=O)c1ccccc1C#CCOS(N)(=O)=O. The molecule has 0 heterocycles. The molecule has 7 heteroatoms. The van der Waals surface area contributed by atoms with Crippen molar-refractivity contribution >= 4 is 16.3 Å². The van der Waals surface area contributed by atoms with Crippen molar-refractivity contribution in [3.05, 3.63) is 35.4 Å². The smallest absolute Gasteiger partial charge is 0.339 e. The number of ether oxygens (including phenoxy) is 1. The highest BCUT2D eigenvalue weighted by Gasteiger charge is 2.08. The molecule has 1 aromatic rings. The highest BCUT2D eigenvalue weighted by atomic mass is 32.2. The number of hydrogen-bond donors (Lipinski definition) is 1. The van der Waals surface area contributed by atoms with Crippen LogP contribution in [0.5, 0.6) is 0 Å². The van der Waals surface area contributed by atoms with Gasteiger partial charge in [0.1, 0.15) is 6.61 Å². The maximum Gasteiger partial charge on any atom is 0.339 e. The molecule has 1 aromatic carbocycles. The lowest BCUT2D eigenvalue weighted by atomic mass is 10.1. The average Bonchev–Trinajstić information content (AvgIpc) is 2.33. The maximum absolute atomic E-state index is 11.4. The summed E-state index contributed by atoms with van der Waals surface area (Å²) in [6.07, 6.45) is 0. The molecule has 6 nitrogen and oxygen atoms in total. The minimum absolute atomic E-state index is 0.295. The Kier molecular flexibility index (Phi) is 4.85. The number of nitrogens with two attached hydrogens (primary N) is 1. The molecule has 0 spiro atoms. The second-order valence-corrected chi connectivity index (χ2v) is 4.32. The highest BCUT2D eigenvalue weighted by molar-refractivity contribution is 7.84. The van der Waals surface area contributed by atoms with Crippen molar-refractivity contribution in [2.75, 3.05) is 13.7 Å². The van der Waals surface area contributed by atoms with Gasteiger partial charge in [-0.25, -0.2) is 14.1 Å². The van der Waals surface area contributed by atoms with E-state index in [0.29, 0.717) is 11.1 Å². The summed E-state index contributed by atoms with van der Waals surface area (Å²) in [5.41, 5.74) is 0.713. The van der Waals surface area contributed by atoms with E-state index in [1.807, 2.05) is 0 Å². The van der Waals surface area contributed by atoms with Crippen LogP contribution in [-0.2, 0) is 19.2 Å². The molecule has 1 rings (SSSR count). The molecule has 0 saturated heterocycles. The van der Waals surface area contributed by atoms with Gasteiger partial charge < -0.3 is 4.74 Å². The van der Waals surface area contributed by atoms with Gasteiger partial charge in [0, 0.05) is 5.56 Å². The van der Waals surface area contributed by atoms with Crippen molar-refractivity contribution in [2.24, 2.45) is 5.14 Å². The van der Waals surface area contributed by atoms with E-state index in [2.05, 4.69) is 25.9 Å². The van der Waals surface area contributed by atoms with Crippen LogP contribution in [-0.4, -0.2) is 28.1 Å². The molecule has 0 amide bonds. The Balaban J connectivity index is 2.85. The average molecular weight is 269 g/mol. The van der Waals surface area contributed by atoms with Crippen LogP contribution >= 0.6 is 0 Å². The Bertz CT molecular complexity index is 597. The number of carbonyl (C=O) groups excluding carboxylic acids is 1. The highest BCUT2D eigenvalue weighted by Crippen LogP contribution is 2.08. The Morgan fingerprint density at radius 3 is 2.67 bits per heavy atom. The summed E-state index contributed by atoms with van der Waals surface area (Å²) >= 11 is 0. The van der Waals surface area contributed by atoms with Gasteiger partial charge in [0.25, 0.3) is 0 Å². The summed E-state index contributed by atoms with van der Waals surface area (Å²) in [5, 5.41) is 4.62. The topological polar surface area (TPSA) is 95.7 Å². The first kappa shape index (κ1) is 14.2. The molecule has 0 radical (unpaired) electrons. The Morgan fingerprint density at radius 2 is 2.06 bits per heavy atom. The van der Waals surface area contributed by atoms with Gasteiger partial charge in [0.2, 0.25) is 0 Å². The molecule has 0 bridgehead atoms. The fourth-order valence-corrected chi connectivity index (χ4v) is 1.35. The van der Waals surface area contributed by atoms with Gasteiger partial charge in [0.05, 0.1) is 12.7 Å². The number of hydrogen-bond acceptors (Lipinski definition) is 5. The Hall–Kier alpha value is -1.88. The van der Waals surface area contributed by atoms with E-state index in [0.717, 1.165) is 0 Å². The lowest BCUT2D eigenvalue weighted by Crippen LogP contribution is -2.15. The van der Waals surface area contributed by atoms with Gasteiger partial charge in [0.15, 0.2) is 0 Å². The van der Waals surface area contributed by atoms with Crippen molar-refractivity contribution in [1.82, 2.24) is 0 Å². The molecular formula is C11H11NO5S. The van der Waals surface area contributed by atoms with Gasteiger partial charge in [-0.2, -0.15) is 8.42 Å². The number of benzene rings is 1. The fourth-order valence-electron chi connectivity index (χ4n) is 1.12. The first-order valence-corrected chi connectivity index (χ1v) is 6.24. The number of methoxy groups -OCH3 is 1. The predicted molar refractivity (Wildman–Crippen MR) is 63.7 cm³/mol. The van der Waals surface area contributed by atoms with Crippen LogP contribution in [0.25, 0.3) is 0 Å². The van der Waals surface area contributed by atoms with Crippen LogP contribution in [0, 0.1) is 11.8 Å². The van der Waals surface area contributed by atoms with E-state index in [9.17, 15) is 13.2 Å². The second-order valence-electron chi connectivity index (χ2n) is 3.09. The van der Waals surface area contributed by atoms with E-state index in [1.165, 1.54) is 7.11 Å². The third kappa shape index (κ3) is 4.55. The Morgan fingerprint density at radius 1 is 1.39 bits per heavy atom. The lowest BCUT2D eigenvalue weighted by molar-refractivity contribution is 0.0600. The molecule has 96 valence electrons. The first-order chi connectivity index (χ1) is 8.44. The van der Waals surface area contributed by atoms with E-state index < -0.39 is 16.3 Å². The van der Waals surface area contributed by atoms with Crippen molar-refractivity contribution < 1.29 is 22.1 Å². The van der Waals surface area contributed by atoms with Crippen LogP contribution in [0.15, 0.2) is 24.3 Å². The van der Waals surface area contributed by atoms with E-state index in [4.69, 9.17) is 0 Å². The summed E-state index contributed by atoms with van der Waals surface area (Å²) in [6, 6.07) is 6.52. The quantitative estimate of drug-likeness (QED) is 0.617. The van der Waals surface area contributed by atoms with Crippen molar-refractivity contribution in [2.45, 2.75) is 0 Å². The molecule has 0 aliphatic rings. The third-order valence-corrected chi connectivity index (χ3v) is 2.30. The van der Waals surface area contributed by atoms with E-state index in [-0.39, 0.29) is 6.61 Å². The maximum atomic E-state index is 11.4. The molecular weight excluding hydrogens is 258 g/mol. The molecule has 18 heavy (non-hydrogen) atoms. The van der Waals surface area contributed by atoms with Crippen molar-refractivity contribution in [1.29, 1.82) is 0 Å². The molecule has 0 aliphatic heterocycles. The van der Waals surface area contributed by atoms with Crippen molar-refractivity contribution in [3.63, 3.8) is 0 Å². The molecule has 0 fully saturated rings. The zero-order chi connectivity index (χ0) is 13.6. The minimum Gasteiger partial charge on any atom is -0.465 e. The number of rotatable bonds is 3. The van der Waals surface area contributed by atoms with E-state index in [1.54, 1.807) is 24.3 Å². The van der Waals surface area contributed by atoms with Crippen LogP contribution in [0.4, 0.5) is 0 Å². The molecule has 0 aliphatic carbocycles. The van der Waals surface area contributed by atoms with Gasteiger partial charge in [-0.1, -0.05) is 24.0 Å². The molecule has 0 atom stereocenters. The van der Waals surface area contributed by atoms with Gasteiger partial charge >= 0.3 is 16.3 Å².